The number of sulfonamides is 1. The lowest BCUT2D eigenvalue weighted by Gasteiger charge is -2.29. The molecule has 2 aliphatic heterocycles. The highest BCUT2D eigenvalue weighted by Gasteiger charge is 2.28. The number of benzene rings is 3. The first kappa shape index (κ1) is 34.1. The Morgan fingerprint density at radius 2 is 1.47 bits per heavy atom. The monoisotopic (exact) mass is 704 g/mol. The summed E-state index contributed by atoms with van der Waals surface area (Å²) in [6.07, 6.45) is 4.34. The predicted molar refractivity (Wildman–Crippen MR) is 197 cm³/mol. The zero-order chi connectivity index (χ0) is 35.5. The molecule has 5 aromatic rings. The average molecular weight is 705 g/mol. The van der Waals surface area contributed by atoms with Gasteiger partial charge in [-0.15, -0.1) is 20.4 Å². The van der Waals surface area contributed by atoms with Gasteiger partial charge in [0.15, 0.2) is 5.82 Å². The van der Waals surface area contributed by atoms with Crippen LogP contribution < -0.4 is 16.2 Å². The molecule has 4 heterocycles. The fourth-order valence-electron chi connectivity index (χ4n) is 6.66. The maximum atomic E-state index is 13.6. The largest absolute Gasteiger partial charge is 0.507 e. The first-order valence-corrected chi connectivity index (χ1v) is 18.4. The van der Waals surface area contributed by atoms with Crippen LogP contribution in [0.25, 0.3) is 28.1 Å². The van der Waals surface area contributed by atoms with Crippen molar-refractivity contribution in [2.24, 2.45) is 0 Å². The minimum Gasteiger partial charge on any atom is -0.507 e. The zero-order valence-corrected chi connectivity index (χ0v) is 29.1. The van der Waals surface area contributed by atoms with E-state index in [1.165, 1.54) is 4.31 Å². The van der Waals surface area contributed by atoms with Crippen LogP contribution in [0.3, 0.4) is 0 Å². The van der Waals surface area contributed by atoms with Crippen molar-refractivity contribution >= 4 is 27.2 Å². The fourth-order valence-corrected chi connectivity index (χ4v) is 8.04. The highest BCUT2D eigenvalue weighted by atomic mass is 32.2. The van der Waals surface area contributed by atoms with Gasteiger partial charge in [0.05, 0.1) is 16.3 Å². The third kappa shape index (κ3) is 7.27. The van der Waals surface area contributed by atoms with E-state index < -0.39 is 10.0 Å². The van der Waals surface area contributed by atoms with E-state index in [4.69, 9.17) is 16.2 Å². The lowest BCUT2D eigenvalue weighted by atomic mass is 9.89. The van der Waals surface area contributed by atoms with Gasteiger partial charge < -0.3 is 26.2 Å². The molecule has 0 aliphatic carbocycles. The number of nitrogens with zero attached hydrogens (tertiary/aromatic N) is 6. The number of para-hydroxylation sites is 2. The number of hydrogen-bond acceptors (Lipinski definition) is 11. The molecule has 0 atom stereocenters. The topological polar surface area (TPSA) is 174 Å². The number of aromatic nitrogens is 4. The molecule has 0 unspecified atom stereocenters. The van der Waals surface area contributed by atoms with Crippen LogP contribution in [0.15, 0.2) is 95.9 Å². The molecule has 51 heavy (non-hydrogen) atoms. The number of rotatable bonds is 9. The Labute approximate surface area is 297 Å². The van der Waals surface area contributed by atoms with Crippen LogP contribution >= 0.6 is 0 Å². The van der Waals surface area contributed by atoms with Crippen molar-refractivity contribution < 1.29 is 18.3 Å². The Bertz CT molecular complexity index is 2190. The van der Waals surface area contributed by atoms with Crippen LogP contribution in [-0.4, -0.2) is 76.4 Å². The molecular formula is C38H40N8O4S. The molecule has 5 N–H and O–H groups in total. The van der Waals surface area contributed by atoms with Gasteiger partial charge in [0.1, 0.15) is 23.9 Å². The Balaban J connectivity index is 1.02. The van der Waals surface area contributed by atoms with Crippen LogP contribution in [0.4, 0.5) is 11.6 Å². The summed E-state index contributed by atoms with van der Waals surface area (Å²) >= 11 is 0. The van der Waals surface area contributed by atoms with E-state index in [2.05, 4.69) is 32.3 Å². The third-order valence-electron chi connectivity index (χ3n) is 9.65. The van der Waals surface area contributed by atoms with Crippen LogP contribution in [0.5, 0.6) is 11.5 Å². The van der Waals surface area contributed by atoms with Crippen molar-refractivity contribution in [3.8, 4) is 34.0 Å². The number of aromatic hydroxyl groups is 1. The van der Waals surface area contributed by atoms with Gasteiger partial charge in [-0.2, -0.15) is 4.31 Å². The number of anilines is 2. The Kier molecular flexibility index (Phi) is 9.67. The van der Waals surface area contributed by atoms with Crippen molar-refractivity contribution in [1.82, 2.24) is 29.6 Å². The molecule has 0 amide bonds. The molecule has 7 rings (SSSR count). The van der Waals surface area contributed by atoms with Crippen molar-refractivity contribution in [3.05, 3.63) is 108 Å². The zero-order valence-electron chi connectivity index (χ0n) is 28.3. The summed E-state index contributed by atoms with van der Waals surface area (Å²) in [5.41, 5.74) is 18.4. The van der Waals surface area contributed by atoms with E-state index in [0.29, 0.717) is 46.4 Å². The average Bonchev–Trinajstić information content (AvgIpc) is 3.15. The van der Waals surface area contributed by atoms with Crippen LogP contribution in [0.1, 0.15) is 41.9 Å². The number of phenols is 1. The van der Waals surface area contributed by atoms with Gasteiger partial charge in [0.2, 0.25) is 10.0 Å². The smallest absolute Gasteiger partial charge is 0.243 e. The van der Waals surface area contributed by atoms with Gasteiger partial charge in [-0.1, -0.05) is 42.5 Å². The van der Waals surface area contributed by atoms with E-state index in [1.54, 1.807) is 54.6 Å². The summed E-state index contributed by atoms with van der Waals surface area (Å²) in [7, 11) is -1.62. The van der Waals surface area contributed by atoms with Gasteiger partial charge in [0.25, 0.3) is 0 Å². The lowest BCUT2D eigenvalue weighted by Crippen LogP contribution is -2.34. The molecule has 13 heteroatoms. The Morgan fingerprint density at radius 1 is 0.804 bits per heavy atom. The first-order chi connectivity index (χ1) is 24.7. The molecule has 0 radical (unpaired) electrons. The minimum atomic E-state index is -3.75. The van der Waals surface area contributed by atoms with E-state index in [0.717, 1.165) is 48.2 Å². The van der Waals surface area contributed by atoms with E-state index in [-0.39, 0.29) is 36.2 Å². The molecule has 1 saturated heterocycles. The van der Waals surface area contributed by atoms with E-state index in [1.807, 2.05) is 36.4 Å². The molecule has 0 bridgehead atoms. The molecule has 1 fully saturated rings. The number of likely N-dealkylation sites (tertiary alicyclic amines) is 1. The minimum absolute atomic E-state index is 0.0876. The molecule has 3 aromatic carbocycles. The van der Waals surface area contributed by atoms with E-state index in [9.17, 15) is 13.5 Å². The van der Waals surface area contributed by atoms with Gasteiger partial charge in [-0.05, 0) is 105 Å². The van der Waals surface area contributed by atoms with Crippen molar-refractivity contribution in [3.63, 3.8) is 0 Å². The SMILES string of the molecule is CN1CCC(c2cc(-c3ccccc3OCc3ccc(S(=O)(=O)N4CC=C(c5cc(-c6ccccc6O)nnc5N)CC4)cc3)nnc2N)CC1. The molecule has 262 valence electrons. The molecule has 2 aromatic heterocycles. The maximum absolute atomic E-state index is 13.6. The van der Waals surface area contributed by atoms with E-state index >= 15 is 0 Å². The number of hydrogen-bond donors (Lipinski definition) is 3. The van der Waals surface area contributed by atoms with Gasteiger partial charge in [-0.25, -0.2) is 8.42 Å². The number of piperidine rings is 1. The second kappa shape index (κ2) is 14.5. The summed E-state index contributed by atoms with van der Waals surface area (Å²) in [5.74, 6) is 1.79. The fraction of sp³-hybridized carbons (Fsp3) is 0.263. The third-order valence-corrected chi connectivity index (χ3v) is 11.5. The normalized spacial score (nSPS) is 16.1. The van der Waals surface area contributed by atoms with Gasteiger partial charge in [0, 0.05) is 35.3 Å². The summed E-state index contributed by atoms with van der Waals surface area (Å²) in [4.78, 5) is 2.53. The molecular weight excluding hydrogens is 665 g/mol. The summed E-state index contributed by atoms with van der Waals surface area (Å²) in [6, 6.07) is 25.1. The molecule has 12 nitrogen and oxygen atoms in total. The highest BCUT2D eigenvalue weighted by Crippen LogP contribution is 2.36. The standard InChI is InChI=1S/C38H40N8O4S/c1-45-18-14-26(15-19-45)32-23-34(42-44-38(32)40)30-7-3-5-9-36(30)50-24-25-10-12-28(13-11-25)51(48,49)46-20-16-27(17-21-46)31-22-33(41-43-37(31)39)29-6-2-4-8-35(29)47/h2-13,16,22-23,26,47H,14-15,17-21,24H2,1H3,(H2,39,43)(H2,40,44). The number of nitrogen functional groups attached to an aromatic ring is 2. The van der Waals surface area contributed by atoms with Gasteiger partial charge >= 0.3 is 0 Å². The number of phenolic OH excluding ortho intramolecular Hbond substituents is 1. The lowest BCUT2D eigenvalue weighted by molar-refractivity contribution is 0.255. The summed E-state index contributed by atoms with van der Waals surface area (Å²) < 4.78 is 34.9. The number of ether oxygens (including phenoxy) is 1. The molecule has 2 aliphatic rings. The number of nitrogens with two attached hydrogens (primary N) is 2. The molecule has 0 spiro atoms. The predicted octanol–water partition coefficient (Wildman–Crippen LogP) is 5.34. The summed E-state index contributed by atoms with van der Waals surface area (Å²) in [5, 5.41) is 27.2. The highest BCUT2D eigenvalue weighted by molar-refractivity contribution is 7.89. The van der Waals surface area contributed by atoms with Crippen LogP contribution in [-0.2, 0) is 16.6 Å². The van der Waals surface area contributed by atoms with Gasteiger partial charge in [-0.3, -0.25) is 0 Å². The van der Waals surface area contributed by atoms with Crippen molar-refractivity contribution in [1.29, 1.82) is 0 Å². The second-order valence-electron chi connectivity index (χ2n) is 13.0. The van der Waals surface area contributed by atoms with Crippen molar-refractivity contribution in [2.75, 3.05) is 44.7 Å². The quantitative estimate of drug-likeness (QED) is 0.181. The van der Waals surface area contributed by atoms with Crippen LogP contribution in [0, 0.1) is 0 Å². The summed E-state index contributed by atoms with van der Waals surface area (Å²) in [6.45, 7) is 2.72. The second-order valence-corrected chi connectivity index (χ2v) is 14.9. The Morgan fingerprint density at radius 3 is 2.18 bits per heavy atom. The maximum Gasteiger partial charge on any atom is 0.243 e. The van der Waals surface area contributed by atoms with Crippen molar-refractivity contribution in [2.45, 2.75) is 36.7 Å². The Hall–Kier alpha value is -5.37. The molecule has 0 saturated carbocycles. The first-order valence-electron chi connectivity index (χ1n) is 16.9. The van der Waals surface area contributed by atoms with Crippen LogP contribution in [0.2, 0.25) is 0 Å².